The summed E-state index contributed by atoms with van der Waals surface area (Å²) < 4.78 is 6.23. The lowest BCUT2D eigenvalue weighted by Gasteiger charge is -2.03. The quantitative estimate of drug-likeness (QED) is 0.778. The van der Waals surface area contributed by atoms with Gasteiger partial charge in [-0.05, 0) is 17.7 Å². The summed E-state index contributed by atoms with van der Waals surface area (Å²) in [7, 11) is 1.35. The Morgan fingerprint density at radius 1 is 1.35 bits per heavy atom. The standard InChI is InChI=1S/C12H11NO3S/c1-16-11(14)10-4-2-9(3-5-10)8-13-6-7-17-12(13)15/h2-7H,8H2,1H3. The first-order chi connectivity index (χ1) is 8.20. The van der Waals surface area contributed by atoms with Crippen LogP contribution in [-0.2, 0) is 11.3 Å². The van der Waals surface area contributed by atoms with Crippen LogP contribution in [0.15, 0.2) is 40.6 Å². The van der Waals surface area contributed by atoms with Gasteiger partial charge in [0.1, 0.15) is 0 Å². The Balaban J connectivity index is 2.16. The molecule has 0 radical (unpaired) electrons. The van der Waals surface area contributed by atoms with Crippen molar-refractivity contribution in [2.24, 2.45) is 0 Å². The number of rotatable bonds is 3. The number of ether oxygens (including phenoxy) is 1. The maximum atomic E-state index is 11.4. The van der Waals surface area contributed by atoms with Gasteiger partial charge in [0.2, 0.25) is 0 Å². The smallest absolute Gasteiger partial charge is 0.337 e. The lowest BCUT2D eigenvalue weighted by Crippen LogP contribution is -2.12. The van der Waals surface area contributed by atoms with Crippen LogP contribution in [0.5, 0.6) is 0 Å². The topological polar surface area (TPSA) is 48.3 Å². The molecule has 0 saturated carbocycles. The molecule has 4 nitrogen and oxygen atoms in total. The van der Waals surface area contributed by atoms with Gasteiger partial charge in [-0.15, -0.1) is 0 Å². The zero-order valence-electron chi connectivity index (χ0n) is 9.25. The molecule has 5 heteroatoms. The largest absolute Gasteiger partial charge is 0.465 e. The summed E-state index contributed by atoms with van der Waals surface area (Å²) in [5.41, 5.74) is 1.48. The number of hydrogen-bond acceptors (Lipinski definition) is 4. The molecule has 0 spiro atoms. The average Bonchev–Trinajstić information content (AvgIpc) is 2.75. The second-order valence-corrected chi connectivity index (χ2v) is 4.34. The van der Waals surface area contributed by atoms with Gasteiger partial charge < -0.3 is 9.30 Å². The highest BCUT2D eigenvalue weighted by Crippen LogP contribution is 2.07. The molecule has 0 aliphatic carbocycles. The Kier molecular flexibility index (Phi) is 3.39. The van der Waals surface area contributed by atoms with Crippen molar-refractivity contribution in [1.29, 1.82) is 0 Å². The van der Waals surface area contributed by atoms with E-state index in [1.807, 2.05) is 12.1 Å². The van der Waals surface area contributed by atoms with Crippen LogP contribution in [0, 0.1) is 0 Å². The number of thiazole rings is 1. The predicted molar refractivity (Wildman–Crippen MR) is 65.5 cm³/mol. The summed E-state index contributed by atoms with van der Waals surface area (Å²) in [6.45, 7) is 0.518. The predicted octanol–water partition coefficient (Wildman–Crippen LogP) is 1.74. The van der Waals surface area contributed by atoms with Crippen LogP contribution in [0.25, 0.3) is 0 Å². The molecule has 0 aliphatic rings. The molecule has 0 N–H and O–H groups in total. The Morgan fingerprint density at radius 2 is 2.06 bits per heavy atom. The zero-order valence-corrected chi connectivity index (χ0v) is 10.1. The van der Waals surface area contributed by atoms with E-state index in [1.54, 1.807) is 28.3 Å². The van der Waals surface area contributed by atoms with Crippen molar-refractivity contribution in [2.75, 3.05) is 7.11 Å². The van der Waals surface area contributed by atoms with Crippen LogP contribution in [-0.4, -0.2) is 17.6 Å². The molecule has 0 bridgehead atoms. The first-order valence-corrected chi connectivity index (χ1v) is 5.90. The van der Waals surface area contributed by atoms with E-state index in [0.717, 1.165) is 5.56 Å². The number of carbonyl (C=O) groups excluding carboxylic acids is 1. The first-order valence-electron chi connectivity index (χ1n) is 5.02. The van der Waals surface area contributed by atoms with Gasteiger partial charge in [0.05, 0.1) is 19.2 Å². The van der Waals surface area contributed by atoms with Crippen molar-refractivity contribution in [1.82, 2.24) is 4.57 Å². The van der Waals surface area contributed by atoms with Gasteiger partial charge in [0.25, 0.3) is 0 Å². The fraction of sp³-hybridized carbons (Fsp3) is 0.167. The minimum atomic E-state index is -0.357. The summed E-state index contributed by atoms with van der Waals surface area (Å²) in [4.78, 5) is 22.6. The number of nitrogens with zero attached hydrogens (tertiary/aromatic N) is 1. The lowest BCUT2D eigenvalue weighted by molar-refractivity contribution is 0.0600. The normalized spacial score (nSPS) is 10.2. The van der Waals surface area contributed by atoms with E-state index < -0.39 is 0 Å². The number of carbonyl (C=O) groups is 1. The van der Waals surface area contributed by atoms with E-state index >= 15 is 0 Å². The van der Waals surface area contributed by atoms with E-state index in [2.05, 4.69) is 4.74 Å². The van der Waals surface area contributed by atoms with Gasteiger partial charge in [-0.2, -0.15) is 0 Å². The van der Waals surface area contributed by atoms with Gasteiger partial charge in [0.15, 0.2) is 0 Å². The van der Waals surface area contributed by atoms with Crippen LogP contribution in [0.1, 0.15) is 15.9 Å². The first kappa shape index (κ1) is 11.6. The second kappa shape index (κ2) is 4.97. The highest BCUT2D eigenvalue weighted by molar-refractivity contribution is 7.07. The summed E-state index contributed by atoms with van der Waals surface area (Å²) in [6, 6.07) is 7.02. The van der Waals surface area contributed by atoms with Crippen molar-refractivity contribution in [3.05, 3.63) is 56.6 Å². The minimum absolute atomic E-state index is 0.0158. The molecule has 1 aromatic carbocycles. The summed E-state index contributed by atoms with van der Waals surface area (Å²) in [6.07, 6.45) is 1.75. The molecule has 88 valence electrons. The molecule has 2 rings (SSSR count). The Morgan fingerprint density at radius 3 is 2.59 bits per heavy atom. The minimum Gasteiger partial charge on any atom is -0.465 e. The Bertz CT molecular complexity index is 568. The van der Waals surface area contributed by atoms with Crippen molar-refractivity contribution < 1.29 is 9.53 Å². The SMILES string of the molecule is COC(=O)c1ccc(Cn2ccsc2=O)cc1. The van der Waals surface area contributed by atoms with Gasteiger partial charge >= 0.3 is 10.8 Å². The van der Waals surface area contributed by atoms with E-state index in [0.29, 0.717) is 12.1 Å². The maximum absolute atomic E-state index is 11.4. The van der Waals surface area contributed by atoms with Gasteiger partial charge in [-0.1, -0.05) is 23.5 Å². The fourth-order valence-electron chi connectivity index (χ4n) is 1.47. The molecule has 0 unspecified atom stereocenters. The lowest BCUT2D eigenvalue weighted by atomic mass is 10.1. The summed E-state index contributed by atoms with van der Waals surface area (Å²) in [5.74, 6) is -0.357. The van der Waals surface area contributed by atoms with Crippen molar-refractivity contribution in [3.63, 3.8) is 0 Å². The van der Waals surface area contributed by atoms with Crippen molar-refractivity contribution in [2.45, 2.75) is 6.54 Å². The molecule has 0 fully saturated rings. The van der Waals surface area contributed by atoms with E-state index in [1.165, 1.54) is 18.4 Å². The number of esters is 1. The van der Waals surface area contributed by atoms with Crippen molar-refractivity contribution in [3.8, 4) is 0 Å². The number of hydrogen-bond donors (Lipinski definition) is 0. The van der Waals surface area contributed by atoms with Crippen molar-refractivity contribution >= 4 is 17.3 Å². The molecular weight excluding hydrogens is 238 g/mol. The summed E-state index contributed by atoms with van der Waals surface area (Å²) in [5, 5.41) is 1.76. The molecule has 1 aromatic heterocycles. The highest BCUT2D eigenvalue weighted by atomic mass is 32.1. The molecule has 17 heavy (non-hydrogen) atoms. The van der Waals surface area contributed by atoms with Crippen LogP contribution in [0.3, 0.4) is 0 Å². The third-order valence-electron chi connectivity index (χ3n) is 2.37. The monoisotopic (exact) mass is 249 g/mol. The second-order valence-electron chi connectivity index (χ2n) is 3.49. The van der Waals surface area contributed by atoms with E-state index in [9.17, 15) is 9.59 Å². The van der Waals surface area contributed by atoms with Crippen LogP contribution < -0.4 is 4.87 Å². The molecule has 2 aromatic rings. The Hall–Kier alpha value is -1.88. The number of methoxy groups -OCH3 is 1. The maximum Gasteiger partial charge on any atom is 0.337 e. The third-order valence-corrected chi connectivity index (χ3v) is 3.07. The molecule has 0 aliphatic heterocycles. The molecule has 0 amide bonds. The molecule has 0 atom stereocenters. The van der Waals surface area contributed by atoms with Crippen LogP contribution in [0.2, 0.25) is 0 Å². The van der Waals surface area contributed by atoms with E-state index in [-0.39, 0.29) is 10.8 Å². The number of benzene rings is 1. The third kappa shape index (κ3) is 2.62. The van der Waals surface area contributed by atoms with Gasteiger partial charge in [-0.3, -0.25) is 4.79 Å². The van der Waals surface area contributed by atoms with Crippen LogP contribution in [0.4, 0.5) is 0 Å². The van der Waals surface area contributed by atoms with Crippen LogP contribution >= 0.6 is 11.3 Å². The van der Waals surface area contributed by atoms with Gasteiger partial charge in [-0.25, -0.2) is 4.79 Å². The molecule has 1 heterocycles. The Labute approximate surface area is 102 Å². The summed E-state index contributed by atoms with van der Waals surface area (Å²) >= 11 is 1.17. The van der Waals surface area contributed by atoms with E-state index in [4.69, 9.17) is 0 Å². The number of aromatic nitrogens is 1. The fourth-order valence-corrected chi connectivity index (χ4v) is 2.05. The molecular formula is C12H11NO3S. The van der Waals surface area contributed by atoms with Gasteiger partial charge in [0, 0.05) is 11.6 Å². The highest BCUT2D eigenvalue weighted by Gasteiger charge is 2.05. The molecule has 0 saturated heterocycles. The zero-order chi connectivity index (χ0) is 12.3. The average molecular weight is 249 g/mol.